The van der Waals surface area contributed by atoms with E-state index in [4.69, 9.17) is 16.3 Å². The van der Waals surface area contributed by atoms with E-state index in [-0.39, 0.29) is 0 Å². The quantitative estimate of drug-likeness (QED) is 0.783. The molecule has 0 spiro atoms. The number of rotatable bonds is 5. The molecule has 1 aromatic heterocycles. The second-order valence-electron chi connectivity index (χ2n) is 4.76. The molecule has 1 N–H and O–H groups in total. The molecule has 3 rings (SSSR count). The highest BCUT2D eigenvalue weighted by Crippen LogP contribution is 2.25. The Morgan fingerprint density at radius 3 is 2.27 bits per heavy atom. The third-order valence-corrected chi connectivity index (χ3v) is 3.39. The van der Waals surface area contributed by atoms with E-state index in [0.717, 1.165) is 5.56 Å². The molecule has 0 bridgehead atoms. The highest BCUT2D eigenvalue weighted by Gasteiger charge is 2.09. The van der Waals surface area contributed by atoms with Gasteiger partial charge in [0.25, 0.3) is 0 Å². The van der Waals surface area contributed by atoms with Crippen LogP contribution in [0.25, 0.3) is 0 Å². The molecular weight excluding hydrogens is 302 g/mol. The molecule has 0 saturated heterocycles. The standard InChI is InChI=1S/C16H14ClN3O2/c17-13-3-7-15(8-4-13)22-14-5-1-12(2-6-14)16(21)9-20-11-18-10-19-20/h1-8,10-11,16,21H,9H2. The Bertz CT molecular complexity index is 712. The van der Waals surface area contributed by atoms with Crippen LogP contribution in [0.1, 0.15) is 11.7 Å². The molecule has 0 fully saturated rings. The third kappa shape index (κ3) is 3.63. The van der Waals surface area contributed by atoms with Gasteiger partial charge in [-0.2, -0.15) is 5.10 Å². The number of hydrogen-bond acceptors (Lipinski definition) is 4. The SMILES string of the molecule is OC(Cn1cncn1)c1ccc(Oc2ccc(Cl)cc2)cc1. The average Bonchev–Trinajstić information content (AvgIpc) is 3.03. The summed E-state index contributed by atoms with van der Waals surface area (Å²) in [5.74, 6) is 1.40. The molecule has 22 heavy (non-hydrogen) atoms. The van der Waals surface area contributed by atoms with Crippen LogP contribution in [0.2, 0.25) is 5.02 Å². The minimum atomic E-state index is -0.647. The van der Waals surface area contributed by atoms with Crippen molar-refractivity contribution < 1.29 is 9.84 Å². The summed E-state index contributed by atoms with van der Waals surface area (Å²) in [6.45, 7) is 0.359. The fourth-order valence-corrected chi connectivity index (χ4v) is 2.13. The number of hydrogen-bond donors (Lipinski definition) is 1. The first-order chi connectivity index (χ1) is 10.7. The van der Waals surface area contributed by atoms with Crippen molar-refractivity contribution in [3.63, 3.8) is 0 Å². The van der Waals surface area contributed by atoms with Gasteiger partial charge in [-0.3, -0.25) is 4.68 Å². The van der Waals surface area contributed by atoms with E-state index in [1.165, 1.54) is 6.33 Å². The van der Waals surface area contributed by atoms with Crippen LogP contribution in [0.5, 0.6) is 11.5 Å². The van der Waals surface area contributed by atoms with E-state index >= 15 is 0 Å². The summed E-state index contributed by atoms with van der Waals surface area (Å²) < 4.78 is 7.29. The maximum Gasteiger partial charge on any atom is 0.137 e. The van der Waals surface area contributed by atoms with Crippen molar-refractivity contribution in [2.45, 2.75) is 12.6 Å². The van der Waals surface area contributed by atoms with Crippen molar-refractivity contribution in [1.29, 1.82) is 0 Å². The van der Waals surface area contributed by atoms with Crippen molar-refractivity contribution in [2.24, 2.45) is 0 Å². The summed E-state index contributed by atoms with van der Waals surface area (Å²) in [5.41, 5.74) is 0.791. The van der Waals surface area contributed by atoms with Crippen LogP contribution < -0.4 is 4.74 Å². The molecule has 1 unspecified atom stereocenters. The van der Waals surface area contributed by atoms with Crippen LogP contribution in [-0.2, 0) is 6.54 Å². The lowest BCUT2D eigenvalue weighted by Gasteiger charge is -2.12. The normalized spacial score (nSPS) is 12.1. The zero-order valence-electron chi connectivity index (χ0n) is 11.6. The van der Waals surface area contributed by atoms with E-state index in [1.54, 1.807) is 35.3 Å². The number of aromatic nitrogens is 3. The van der Waals surface area contributed by atoms with Gasteiger partial charge in [0.2, 0.25) is 0 Å². The molecule has 0 saturated carbocycles. The molecule has 2 aromatic carbocycles. The van der Waals surface area contributed by atoms with Gasteiger partial charge in [-0.25, -0.2) is 4.98 Å². The van der Waals surface area contributed by atoms with Crippen LogP contribution in [-0.4, -0.2) is 19.9 Å². The fraction of sp³-hybridized carbons (Fsp3) is 0.125. The molecule has 0 aliphatic heterocycles. The second-order valence-corrected chi connectivity index (χ2v) is 5.19. The van der Waals surface area contributed by atoms with Crippen molar-refractivity contribution >= 4 is 11.6 Å². The van der Waals surface area contributed by atoms with Gasteiger partial charge in [0.15, 0.2) is 0 Å². The number of nitrogens with zero attached hydrogens (tertiary/aromatic N) is 3. The van der Waals surface area contributed by atoms with Crippen molar-refractivity contribution in [3.8, 4) is 11.5 Å². The largest absolute Gasteiger partial charge is 0.457 e. The topological polar surface area (TPSA) is 60.2 Å². The summed E-state index contributed by atoms with van der Waals surface area (Å²) >= 11 is 5.83. The van der Waals surface area contributed by atoms with E-state index in [1.807, 2.05) is 24.3 Å². The van der Waals surface area contributed by atoms with E-state index in [0.29, 0.717) is 23.1 Å². The zero-order valence-corrected chi connectivity index (χ0v) is 12.4. The predicted molar refractivity (Wildman–Crippen MR) is 82.9 cm³/mol. The van der Waals surface area contributed by atoms with E-state index in [9.17, 15) is 5.11 Å². The first kappa shape index (κ1) is 14.6. The predicted octanol–water partition coefficient (Wildman–Crippen LogP) is 3.46. The molecule has 0 aliphatic carbocycles. The Morgan fingerprint density at radius 1 is 1.05 bits per heavy atom. The number of benzene rings is 2. The van der Waals surface area contributed by atoms with Gasteiger partial charge in [0, 0.05) is 5.02 Å². The molecule has 0 aliphatic rings. The van der Waals surface area contributed by atoms with Crippen molar-refractivity contribution in [2.75, 3.05) is 0 Å². The summed E-state index contributed by atoms with van der Waals surface area (Å²) in [7, 11) is 0. The first-order valence-corrected chi connectivity index (χ1v) is 7.12. The number of ether oxygens (including phenoxy) is 1. The molecule has 1 atom stereocenters. The molecular formula is C16H14ClN3O2. The Kier molecular flexibility index (Phi) is 4.37. The molecule has 3 aromatic rings. The lowest BCUT2D eigenvalue weighted by Crippen LogP contribution is -2.08. The third-order valence-electron chi connectivity index (χ3n) is 3.14. The van der Waals surface area contributed by atoms with Gasteiger partial charge in [-0.05, 0) is 42.0 Å². The fourth-order valence-electron chi connectivity index (χ4n) is 2.01. The highest BCUT2D eigenvalue weighted by molar-refractivity contribution is 6.30. The van der Waals surface area contributed by atoms with Crippen molar-refractivity contribution in [3.05, 3.63) is 71.8 Å². The summed E-state index contributed by atoms with van der Waals surface area (Å²) in [6.07, 6.45) is 2.36. The minimum absolute atomic E-state index is 0.359. The molecule has 0 amide bonds. The number of halogens is 1. The summed E-state index contributed by atoms with van der Waals surface area (Å²) in [6, 6.07) is 14.4. The second kappa shape index (κ2) is 6.60. The van der Waals surface area contributed by atoms with Gasteiger partial charge >= 0.3 is 0 Å². The Morgan fingerprint density at radius 2 is 1.68 bits per heavy atom. The first-order valence-electron chi connectivity index (χ1n) is 6.74. The molecule has 5 nitrogen and oxygen atoms in total. The summed E-state index contributed by atoms with van der Waals surface area (Å²) in [5, 5.41) is 14.8. The molecule has 6 heteroatoms. The van der Waals surface area contributed by atoms with Gasteiger partial charge in [-0.1, -0.05) is 23.7 Å². The van der Waals surface area contributed by atoms with Crippen molar-refractivity contribution in [1.82, 2.24) is 14.8 Å². The van der Waals surface area contributed by atoms with Crippen LogP contribution in [0.3, 0.4) is 0 Å². The molecule has 0 radical (unpaired) electrons. The van der Waals surface area contributed by atoms with E-state index < -0.39 is 6.10 Å². The highest BCUT2D eigenvalue weighted by atomic mass is 35.5. The number of aliphatic hydroxyl groups excluding tert-OH is 1. The number of aliphatic hydroxyl groups is 1. The van der Waals surface area contributed by atoms with Crippen LogP contribution in [0, 0.1) is 0 Å². The minimum Gasteiger partial charge on any atom is -0.457 e. The zero-order chi connectivity index (χ0) is 15.4. The summed E-state index contributed by atoms with van der Waals surface area (Å²) in [4.78, 5) is 3.85. The Hall–Kier alpha value is -2.37. The maximum atomic E-state index is 10.2. The van der Waals surface area contributed by atoms with Gasteiger partial charge in [-0.15, -0.1) is 0 Å². The van der Waals surface area contributed by atoms with Crippen LogP contribution >= 0.6 is 11.6 Å². The lowest BCUT2D eigenvalue weighted by molar-refractivity contribution is 0.151. The monoisotopic (exact) mass is 315 g/mol. The Labute approximate surface area is 132 Å². The van der Waals surface area contributed by atoms with Gasteiger partial charge in [0.1, 0.15) is 24.2 Å². The Balaban J connectivity index is 1.65. The average molecular weight is 316 g/mol. The molecule has 112 valence electrons. The van der Waals surface area contributed by atoms with Crippen LogP contribution in [0.4, 0.5) is 0 Å². The maximum absolute atomic E-state index is 10.2. The van der Waals surface area contributed by atoms with E-state index in [2.05, 4.69) is 10.1 Å². The van der Waals surface area contributed by atoms with Gasteiger partial charge < -0.3 is 9.84 Å². The van der Waals surface area contributed by atoms with Crippen LogP contribution in [0.15, 0.2) is 61.2 Å². The van der Waals surface area contributed by atoms with Gasteiger partial charge in [0.05, 0.1) is 12.6 Å². The molecule has 1 heterocycles. The lowest BCUT2D eigenvalue weighted by atomic mass is 10.1. The smallest absolute Gasteiger partial charge is 0.137 e.